The number of hydrogen-bond donors (Lipinski definition) is 2. The molecule has 0 fully saturated rings. The van der Waals surface area contributed by atoms with Crippen molar-refractivity contribution in [3.05, 3.63) is 65.5 Å². The summed E-state index contributed by atoms with van der Waals surface area (Å²) in [5.41, 5.74) is 3.47. The molecule has 4 rings (SSSR count). The number of rotatable bonds is 6. The van der Waals surface area contributed by atoms with Crippen molar-refractivity contribution >= 4 is 28.6 Å². The highest BCUT2D eigenvalue weighted by Gasteiger charge is 2.13. The fourth-order valence-electron chi connectivity index (χ4n) is 2.83. The second kappa shape index (κ2) is 7.19. The van der Waals surface area contributed by atoms with Crippen molar-refractivity contribution < 1.29 is 9.52 Å². The molecule has 2 aromatic carbocycles. The number of halogens is 1. The number of para-hydroxylation sites is 2. The van der Waals surface area contributed by atoms with Crippen LogP contribution in [0.3, 0.4) is 0 Å². The van der Waals surface area contributed by atoms with Gasteiger partial charge in [0.25, 0.3) is 0 Å². The SMILES string of the molecule is OCCNc1nc2ccccc2n1Cc1coc(-c2cccc(Cl)c2)n1. The van der Waals surface area contributed by atoms with E-state index in [4.69, 9.17) is 21.1 Å². The lowest BCUT2D eigenvalue weighted by Crippen LogP contribution is -2.12. The van der Waals surface area contributed by atoms with Crippen molar-refractivity contribution in [2.75, 3.05) is 18.5 Å². The summed E-state index contributed by atoms with van der Waals surface area (Å²) in [6, 6.07) is 15.3. The van der Waals surface area contributed by atoms with Gasteiger partial charge in [0, 0.05) is 17.1 Å². The predicted octanol–water partition coefficient (Wildman–Crippen LogP) is 3.80. The van der Waals surface area contributed by atoms with Gasteiger partial charge in [-0.05, 0) is 30.3 Å². The smallest absolute Gasteiger partial charge is 0.226 e. The summed E-state index contributed by atoms with van der Waals surface area (Å²) in [6.45, 7) is 0.959. The second-order valence-corrected chi connectivity index (χ2v) is 6.25. The molecule has 4 aromatic rings. The molecule has 2 N–H and O–H groups in total. The fraction of sp³-hybridized carbons (Fsp3) is 0.158. The molecule has 0 aliphatic heterocycles. The number of anilines is 1. The van der Waals surface area contributed by atoms with Gasteiger partial charge >= 0.3 is 0 Å². The van der Waals surface area contributed by atoms with E-state index >= 15 is 0 Å². The average Bonchev–Trinajstić information content (AvgIpc) is 3.26. The zero-order chi connectivity index (χ0) is 17.9. The number of nitrogens with zero attached hydrogens (tertiary/aromatic N) is 3. The van der Waals surface area contributed by atoms with Gasteiger partial charge in [0.2, 0.25) is 11.8 Å². The highest BCUT2D eigenvalue weighted by Crippen LogP contribution is 2.24. The molecule has 0 aliphatic rings. The van der Waals surface area contributed by atoms with Crippen LogP contribution in [-0.2, 0) is 6.54 Å². The fourth-order valence-corrected chi connectivity index (χ4v) is 3.02. The van der Waals surface area contributed by atoms with E-state index in [0.717, 1.165) is 22.3 Å². The Hall–Kier alpha value is -2.83. The Morgan fingerprint density at radius 1 is 1.12 bits per heavy atom. The van der Waals surface area contributed by atoms with Crippen LogP contribution >= 0.6 is 11.6 Å². The molecule has 0 saturated carbocycles. The maximum absolute atomic E-state index is 9.10. The number of aliphatic hydroxyl groups is 1. The largest absolute Gasteiger partial charge is 0.444 e. The van der Waals surface area contributed by atoms with Gasteiger partial charge in [-0.15, -0.1) is 0 Å². The zero-order valence-electron chi connectivity index (χ0n) is 13.9. The zero-order valence-corrected chi connectivity index (χ0v) is 14.6. The van der Waals surface area contributed by atoms with Gasteiger partial charge in [0.1, 0.15) is 6.26 Å². The van der Waals surface area contributed by atoms with Crippen LogP contribution in [0.2, 0.25) is 5.02 Å². The monoisotopic (exact) mass is 368 g/mol. The Balaban J connectivity index is 1.67. The number of benzene rings is 2. The van der Waals surface area contributed by atoms with Gasteiger partial charge in [-0.1, -0.05) is 29.8 Å². The average molecular weight is 369 g/mol. The summed E-state index contributed by atoms with van der Waals surface area (Å²) in [5, 5.41) is 12.9. The van der Waals surface area contributed by atoms with E-state index in [2.05, 4.69) is 15.3 Å². The van der Waals surface area contributed by atoms with Crippen LogP contribution in [0.15, 0.2) is 59.2 Å². The molecule has 7 heteroatoms. The van der Waals surface area contributed by atoms with Crippen molar-refractivity contribution in [2.45, 2.75) is 6.54 Å². The van der Waals surface area contributed by atoms with Crippen LogP contribution < -0.4 is 5.32 Å². The molecule has 2 aromatic heterocycles. The van der Waals surface area contributed by atoms with Crippen LogP contribution in [0.1, 0.15) is 5.69 Å². The molecule has 132 valence electrons. The quantitative estimate of drug-likeness (QED) is 0.541. The van der Waals surface area contributed by atoms with Gasteiger partial charge in [-0.3, -0.25) is 0 Å². The van der Waals surface area contributed by atoms with Crippen LogP contribution in [0, 0.1) is 0 Å². The first-order valence-corrected chi connectivity index (χ1v) is 8.63. The minimum absolute atomic E-state index is 0.0338. The van der Waals surface area contributed by atoms with Gasteiger partial charge in [0.15, 0.2) is 0 Å². The molecule has 0 aliphatic carbocycles. The highest BCUT2D eigenvalue weighted by atomic mass is 35.5. The lowest BCUT2D eigenvalue weighted by Gasteiger charge is -2.08. The van der Waals surface area contributed by atoms with E-state index in [1.807, 2.05) is 53.1 Å². The normalized spacial score (nSPS) is 11.2. The van der Waals surface area contributed by atoms with Crippen LogP contribution in [0.5, 0.6) is 0 Å². The number of hydrogen-bond acceptors (Lipinski definition) is 5. The molecular weight excluding hydrogens is 352 g/mol. The lowest BCUT2D eigenvalue weighted by molar-refractivity contribution is 0.310. The molecule has 0 atom stereocenters. The number of nitrogens with one attached hydrogen (secondary N) is 1. The maximum atomic E-state index is 9.10. The lowest BCUT2D eigenvalue weighted by atomic mass is 10.2. The minimum Gasteiger partial charge on any atom is -0.444 e. The molecule has 0 saturated heterocycles. The van der Waals surface area contributed by atoms with E-state index in [9.17, 15) is 0 Å². The van der Waals surface area contributed by atoms with Crippen molar-refractivity contribution in [2.24, 2.45) is 0 Å². The third kappa shape index (κ3) is 3.29. The van der Waals surface area contributed by atoms with E-state index < -0.39 is 0 Å². The second-order valence-electron chi connectivity index (χ2n) is 5.81. The molecular formula is C19H17ClN4O2. The number of aliphatic hydroxyl groups excluding tert-OH is 1. The number of aromatic nitrogens is 3. The molecule has 0 radical (unpaired) electrons. The first-order chi connectivity index (χ1) is 12.7. The Kier molecular flexibility index (Phi) is 4.60. The summed E-state index contributed by atoms with van der Waals surface area (Å²) in [4.78, 5) is 9.16. The third-order valence-corrected chi connectivity index (χ3v) is 4.23. The van der Waals surface area contributed by atoms with Gasteiger partial charge < -0.3 is 19.4 Å². The molecule has 0 bridgehead atoms. The van der Waals surface area contributed by atoms with Gasteiger partial charge in [-0.2, -0.15) is 0 Å². The van der Waals surface area contributed by atoms with Crippen molar-refractivity contribution in [1.29, 1.82) is 0 Å². The first kappa shape index (κ1) is 16.6. The number of oxazole rings is 1. The molecule has 0 spiro atoms. The van der Waals surface area contributed by atoms with Crippen LogP contribution in [-0.4, -0.2) is 32.8 Å². The Morgan fingerprint density at radius 2 is 2.00 bits per heavy atom. The van der Waals surface area contributed by atoms with Crippen LogP contribution in [0.25, 0.3) is 22.5 Å². The summed E-state index contributed by atoms with van der Waals surface area (Å²) in [6.07, 6.45) is 1.64. The summed E-state index contributed by atoms with van der Waals surface area (Å²) in [5.74, 6) is 1.21. The summed E-state index contributed by atoms with van der Waals surface area (Å²) >= 11 is 6.04. The highest BCUT2D eigenvalue weighted by molar-refractivity contribution is 6.30. The van der Waals surface area contributed by atoms with E-state index in [1.54, 1.807) is 6.26 Å². The number of imidazole rings is 1. The van der Waals surface area contributed by atoms with E-state index in [1.165, 1.54) is 0 Å². The summed E-state index contributed by atoms with van der Waals surface area (Å²) < 4.78 is 7.64. The molecule has 6 nitrogen and oxygen atoms in total. The van der Waals surface area contributed by atoms with Gasteiger partial charge in [0.05, 0.1) is 29.9 Å². The maximum Gasteiger partial charge on any atom is 0.226 e. The number of fused-ring (bicyclic) bond motifs is 1. The standard InChI is InChI=1S/C19H17ClN4O2/c20-14-5-3-4-13(10-14)18-22-15(12-26-18)11-24-17-7-2-1-6-16(17)23-19(24)21-8-9-25/h1-7,10,12,25H,8-9,11H2,(H,21,23). The van der Waals surface area contributed by atoms with Crippen LogP contribution in [0.4, 0.5) is 5.95 Å². The minimum atomic E-state index is 0.0338. The predicted molar refractivity (Wildman–Crippen MR) is 101 cm³/mol. The van der Waals surface area contributed by atoms with Crippen molar-refractivity contribution in [3.63, 3.8) is 0 Å². The molecule has 0 amide bonds. The Morgan fingerprint density at radius 3 is 2.85 bits per heavy atom. The third-order valence-electron chi connectivity index (χ3n) is 3.99. The first-order valence-electron chi connectivity index (χ1n) is 8.25. The Labute approximate surface area is 155 Å². The molecule has 26 heavy (non-hydrogen) atoms. The van der Waals surface area contributed by atoms with Gasteiger partial charge in [-0.25, -0.2) is 9.97 Å². The summed E-state index contributed by atoms with van der Waals surface area (Å²) in [7, 11) is 0. The topological polar surface area (TPSA) is 76.1 Å². The Bertz CT molecular complexity index is 1040. The van der Waals surface area contributed by atoms with Crippen molar-refractivity contribution in [1.82, 2.24) is 14.5 Å². The van der Waals surface area contributed by atoms with E-state index in [0.29, 0.717) is 30.0 Å². The van der Waals surface area contributed by atoms with Crippen molar-refractivity contribution in [3.8, 4) is 11.5 Å². The van der Waals surface area contributed by atoms with E-state index in [-0.39, 0.29) is 6.61 Å². The molecule has 2 heterocycles. The molecule has 0 unspecified atom stereocenters.